The predicted molar refractivity (Wildman–Crippen MR) is 103 cm³/mol. The summed E-state index contributed by atoms with van der Waals surface area (Å²) in [6, 6.07) is 1.77. The SMILES string of the molecule is O=C([O-])[C@H]1C2CCC(CC2)[C@@H]1Nc1nc(-c2[nH]nc3ncc(Cl)cc23)c(F)cc1F.[Na+]. The molecule has 0 aliphatic heterocycles. The molecule has 11 heteroatoms. The van der Waals surface area contributed by atoms with Gasteiger partial charge in [-0.3, -0.25) is 5.10 Å². The first kappa shape index (κ1) is 22.4. The Morgan fingerprint density at radius 1 is 1.16 bits per heavy atom. The molecule has 2 bridgehead atoms. The summed E-state index contributed by atoms with van der Waals surface area (Å²) in [5, 5.41) is 22.2. The minimum Gasteiger partial charge on any atom is -0.550 e. The van der Waals surface area contributed by atoms with Crippen LogP contribution in [0.15, 0.2) is 18.3 Å². The Morgan fingerprint density at radius 3 is 2.58 bits per heavy atom. The number of carboxylic acids is 1. The number of carbonyl (C=O) groups is 1. The van der Waals surface area contributed by atoms with E-state index in [4.69, 9.17) is 11.6 Å². The molecule has 0 spiro atoms. The Kier molecular flexibility index (Phi) is 6.22. The normalized spacial score (nSPS) is 24.7. The van der Waals surface area contributed by atoms with Crippen molar-refractivity contribution in [3.63, 3.8) is 0 Å². The summed E-state index contributed by atoms with van der Waals surface area (Å²) in [6.07, 6.45) is 4.77. The van der Waals surface area contributed by atoms with Gasteiger partial charge in [0.25, 0.3) is 0 Å². The van der Waals surface area contributed by atoms with Gasteiger partial charge >= 0.3 is 29.6 Å². The molecule has 3 aliphatic rings. The van der Waals surface area contributed by atoms with E-state index in [-0.39, 0.29) is 58.6 Å². The van der Waals surface area contributed by atoms with Gasteiger partial charge in [0, 0.05) is 35.6 Å². The largest absolute Gasteiger partial charge is 1.00 e. The summed E-state index contributed by atoms with van der Waals surface area (Å²) in [7, 11) is 0. The van der Waals surface area contributed by atoms with E-state index < -0.39 is 29.6 Å². The monoisotopic (exact) mass is 455 g/mol. The third-order valence-electron chi connectivity index (χ3n) is 6.34. The number of halogens is 3. The molecule has 0 aromatic carbocycles. The minimum atomic E-state index is -1.15. The summed E-state index contributed by atoms with van der Waals surface area (Å²) < 4.78 is 29.2. The molecule has 6 rings (SSSR count). The van der Waals surface area contributed by atoms with Crippen LogP contribution >= 0.6 is 11.6 Å². The maximum Gasteiger partial charge on any atom is 1.00 e. The number of aliphatic carboxylic acids is 1. The summed E-state index contributed by atoms with van der Waals surface area (Å²) in [5.74, 6) is -3.80. The maximum atomic E-state index is 14.6. The molecular formula is C20H17ClF2N5NaO2. The van der Waals surface area contributed by atoms with E-state index in [1.54, 1.807) is 6.07 Å². The van der Waals surface area contributed by atoms with E-state index in [2.05, 4.69) is 25.5 Å². The standard InChI is InChI=1S/C20H18ClF2N5O2.Na/c21-10-5-11-16(27-28-18(11)24-7-10)17-12(22)6-13(23)19(26-17)25-15-9-3-1-8(2-4-9)14(15)20(29)30;/h5-9,14-15H,1-4H2,(H,25,26)(H,29,30)(H,24,27,28);/q;+1/p-1/t8?,9?,14-,15-;/m0./s1. The molecule has 31 heavy (non-hydrogen) atoms. The van der Waals surface area contributed by atoms with Crippen molar-refractivity contribution in [2.24, 2.45) is 17.8 Å². The molecule has 0 unspecified atom stereocenters. The fourth-order valence-electron chi connectivity index (χ4n) is 4.95. The number of carbonyl (C=O) groups excluding carboxylic acids is 1. The van der Waals surface area contributed by atoms with Crippen molar-refractivity contribution in [3.05, 3.63) is 35.0 Å². The number of rotatable bonds is 4. The topological polar surface area (TPSA) is 107 Å². The van der Waals surface area contributed by atoms with Crippen LogP contribution < -0.4 is 40.0 Å². The van der Waals surface area contributed by atoms with E-state index in [0.717, 1.165) is 31.7 Å². The van der Waals surface area contributed by atoms with Crippen LogP contribution in [0.1, 0.15) is 25.7 Å². The Bertz CT molecular complexity index is 1150. The Hall–Kier alpha value is -1.81. The number of pyridine rings is 2. The molecule has 3 heterocycles. The van der Waals surface area contributed by atoms with E-state index in [9.17, 15) is 18.7 Å². The zero-order valence-corrected chi connectivity index (χ0v) is 19.4. The number of hydrogen-bond donors (Lipinski definition) is 2. The number of hydrogen-bond acceptors (Lipinski definition) is 6. The summed E-state index contributed by atoms with van der Waals surface area (Å²) in [6.45, 7) is 0. The van der Waals surface area contributed by atoms with E-state index in [0.29, 0.717) is 16.1 Å². The van der Waals surface area contributed by atoms with Gasteiger partial charge in [0.05, 0.1) is 10.7 Å². The molecule has 3 saturated carbocycles. The van der Waals surface area contributed by atoms with Crippen molar-refractivity contribution in [1.29, 1.82) is 0 Å². The Labute approximate surface area is 203 Å². The molecule has 2 atom stereocenters. The van der Waals surface area contributed by atoms with Crippen LogP contribution in [0.4, 0.5) is 14.6 Å². The second-order valence-electron chi connectivity index (χ2n) is 7.96. The molecule has 3 aromatic rings. The van der Waals surface area contributed by atoms with Crippen LogP contribution in [0.3, 0.4) is 0 Å². The van der Waals surface area contributed by atoms with Crippen molar-refractivity contribution in [3.8, 4) is 11.4 Å². The second kappa shape index (κ2) is 8.61. The Morgan fingerprint density at radius 2 is 1.87 bits per heavy atom. The third-order valence-corrected chi connectivity index (χ3v) is 6.54. The van der Waals surface area contributed by atoms with Crippen molar-refractivity contribution in [2.45, 2.75) is 31.7 Å². The number of H-pyrrole nitrogens is 1. The molecular weight excluding hydrogens is 439 g/mol. The van der Waals surface area contributed by atoms with Gasteiger partial charge in [-0.1, -0.05) is 11.6 Å². The first-order chi connectivity index (χ1) is 14.4. The number of aromatic nitrogens is 4. The number of carboxylic acid groups (broad SMARTS) is 1. The average Bonchev–Trinajstić information content (AvgIpc) is 3.13. The molecule has 0 amide bonds. The fraction of sp³-hybridized carbons (Fsp3) is 0.400. The summed E-state index contributed by atoms with van der Waals surface area (Å²) in [4.78, 5) is 20.0. The van der Waals surface area contributed by atoms with Gasteiger partial charge < -0.3 is 15.2 Å². The van der Waals surface area contributed by atoms with E-state index >= 15 is 0 Å². The van der Waals surface area contributed by atoms with E-state index in [1.807, 2.05) is 0 Å². The van der Waals surface area contributed by atoms with Crippen LogP contribution in [0, 0.1) is 29.4 Å². The van der Waals surface area contributed by atoms with Crippen molar-refractivity contribution in [1.82, 2.24) is 20.2 Å². The number of anilines is 1. The molecule has 0 saturated heterocycles. The van der Waals surface area contributed by atoms with Crippen LogP contribution in [0.5, 0.6) is 0 Å². The zero-order valence-electron chi connectivity index (χ0n) is 16.7. The van der Waals surface area contributed by atoms with Crippen molar-refractivity contribution in [2.75, 3.05) is 5.32 Å². The molecule has 3 aliphatic carbocycles. The third kappa shape index (κ3) is 3.92. The summed E-state index contributed by atoms with van der Waals surface area (Å²) in [5.41, 5.74) is 0.370. The van der Waals surface area contributed by atoms with Crippen LogP contribution in [-0.4, -0.2) is 32.2 Å². The zero-order chi connectivity index (χ0) is 21.0. The number of nitrogens with one attached hydrogen (secondary N) is 2. The fourth-order valence-corrected chi connectivity index (χ4v) is 5.11. The van der Waals surface area contributed by atoms with Gasteiger partial charge in [-0.2, -0.15) is 5.10 Å². The van der Waals surface area contributed by atoms with Crippen LogP contribution in [0.25, 0.3) is 22.4 Å². The quantitative estimate of drug-likeness (QED) is 0.533. The summed E-state index contributed by atoms with van der Waals surface area (Å²) >= 11 is 5.99. The maximum absolute atomic E-state index is 14.6. The first-order valence-electron chi connectivity index (χ1n) is 9.76. The number of aromatic amines is 1. The van der Waals surface area contributed by atoms with E-state index in [1.165, 1.54) is 6.20 Å². The predicted octanol–water partition coefficient (Wildman–Crippen LogP) is -0.0779. The van der Waals surface area contributed by atoms with Crippen LogP contribution in [0.2, 0.25) is 5.02 Å². The van der Waals surface area contributed by atoms with Gasteiger partial charge in [0.15, 0.2) is 23.1 Å². The first-order valence-corrected chi connectivity index (χ1v) is 10.1. The van der Waals surface area contributed by atoms with Crippen molar-refractivity contribution >= 4 is 34.4 Å². The molecule has 2 N–H and O–H groups in total. The van der Waals surface area contributed by atoms with Crippen LogP contribution in [-0.2, 0) is 4.79 Å². The molecule has 156 valence electrons. The second-order valence-corrected chi connectivity index (χ2v) is 8.40. The van der Waals surface area contributed by atoms with Crippen molar-refractivity contribution < 1.29 is 48.2 Å². The average molecular weight is 456 g/mol. The van der Waals surface area contributed by atoms with Gasteiger partial charge in [-0.25, -0.2) is 18.7 Å². The number of fused-ring (bicyclic) bond motifs is 4. The van der Waals surface area contributed by atoms with Gasteiger partial charge in [0.1, 0.15) is 5.69 Å². The van der Waals surface area contributed by atoms with Gasteiger partial charge in [0.2, 0.25) is 0 Å². The molecule has 3 fully saturated rings. The molecule has 3 aromatic heterocycles. The van der Waals surface area contributed by atoms with Gasteiger partial charge in [-0.05, 0) is 43.6 Å². The molecule has 7 nitrogen and oxygen atoms in total. The smallest absolute Gasteiger partial charge is 0.550 e. The minimum absolute atomic E-state index is 0. The van der Waals surface area contributed by atoms with Gasteiger partial charge in [-0.15, -0.1) is 0 Å². The Balaban J connectivity index is 0.00000231. The molecule has 0 radical (unpaired) electrons. The number of nitrogens with zero attached hydrogens (tertiary/aromatic N) is 3.